The quantitative estimate of drug-likeness (QED) is 0.706. The monoisotopic (exact) mass is 361 g/mol. The van der Waals surface area contributed by atoms with Crippen LogP contribution in [-0.4, -0.2) is 25.0 Å². The van der Waals surface area contributed by atoms with E-state index in [0.29, 0.717) is 27.7 Å². The van der Waals surface area contributed by atoms with E-state index in [2.05, 4.69) is 15.2 Å². The zero-order valence-corrected chi connectivity index (χ0v) is 14.1. The number of nitrogen functional groups attached to an aromatic ring is 1. The summed E-state index contributed by atoms with van der Waals surface area (Å²) >= 11 is 5.83. The molecule has 0 unspecified atom stereocenters. The van der Waals surface area contributed by atoms with E-state index in [9.17, 15) is 9.90 Å². The highest BCUT2D eigenvalue weighted by molar-refractivity contribution is 6.30. The van der Waals surface area contributed by atoms with E-state index in [1.54, 1.807) is 31.2 Å². The van der Waals surface area contributed by atoms with Crippen LogP contribution in [0, 0.1) is 6.92 Å². The van der Waals surface area contributed by atoms with Gasteiger partial charge in [0.25, 0.3) is 5.56 Å². The minimum Gasteiger partial charge on any atom is -0.397 e. The maximum Gasteiger partial charge on any atom is 0.272 e. The van der Waals surface area contributed by atoms with Gasteiger partial charge in [-0.1, -0.05) is 28.9 Å². The zero-order valence-electron chi connectivity index (χ0n) is 13.4. The molecule has 3 N–H and O–H groups in total. The van der Waals surface area contributed by atoms with E-state index >= 15 is 0 Å². The summed E-state index contributed by atoms with van der Waals surface area (Å²) < 4.78 is 6.32. The number of aliphatic hydroxyl groups is 1. The van der Waals surface area contributed by atoms with Crippen LogP contribution in [0.25, 0.3) is 0 Å². The van der Waals surface area contributed by atoms with E-state index in [-0.39, 0.29) is 24.4 Å². The number of anilines is 1. The molecule has 0 amide bonds. The van der Waals surface area contributed by atoms with Crippen LogP contribution in [0.4, 0.5) is 5.69 Å². The Morgan fingerprint density at radius 1 is 1.36 bits per heavy atom. The SMILES string of the molecule is Cc1c(N)cnn(Cc2nc(C[C@H](O)c3ccc(Cl)cc3)no2)c1=O. The Bertz CT molecular complexity index is 936. The summed E-state index contributed by atoms with van der Waals surface area (Å²) in [4.78, 5) is 16.3. The molecule has 8 nitrogen and oxygen atoms in total. The number of benzene rings is 1. The number of hydrogen-bond donors (Lipinski definition) is 2. The molecule has 0 saturated heterocycles. The molecule has 0 bridgehead atoms. The lowest BCUT2D eigenvalue weighted by Gasteiger charge is -2.08. The Labute approximate surface area is 147 Å². The van der Waals surface area contributed by atoms with Crippen LogP contribution in [0.5, 0.6) is 0 Å². The Hall–Kier alpha value is -2.71. The smallest absolute Gasteiger partial charge is 0.272 e. The molecule has 0 saturated carbocycles. The van der Waals surface area contributed by atoms with E-state index in [4.69, 9.17) is 21.9 Å². The summed E-state index contributed by atoms with van der Waals surface area (Å²) in [5.74, 6) is 0.551. The first-order valence-electron chi connectivity index (χ1n) is 7.51. The third-order valence-electron chi connectivity index (χ3n) is 3.75. The lowest BCUT2D eigenvalue weighted by Crippen LogP contribution is -2.26. The fraction of sp³-hybridized carbons (Fsp3) is 0.250. The minimum atomic E-state index is -0.790. The maximum absolute atomic E-state index is 12.1. The van der Waals surface area contributed by atoms with Crippen molar-refractivity contribution in [2.45, 2.75) is 26.0 Å². The van der Waals surface area contributed by atoms with Crippen molar-refractivity contribution in [2.24, 2.45) is 0 Å². The van der Waals surface area contributed by atoms with Crippen molar-refractivity contribution in [3.63, 3.8) is 0 Å². The lowest BCUT2D eigenvalue weighted by atomic mass is 10.1. The van der Waals surface area contributed by atoms with Crippen molar-refractivity contribution in [3.8, 4) is 0 Å². The molecule has 25 heavy (non-hydrogen) atoms. The van der Waals surface area contributed by atoms with E-state index in [0.717, 1.165) is 0 Å². The van der Waals surface area contributed by atoms with Gasteiger partial charge in [-0.3, -0.25) is 4.79 Å². The first-order chi connectivity index (χ1) is 11.9. The second-order valence-corrected chi connectivity index (χ2v) is 6.00. The third kappa shape index (κ3) is 3.86. The van der Waals surface area contributed by atoms with Crippen LogP contribution in [0.2, 0.25) is 5.02 Å². The van der Waals surface area contributed by atoms with Gasteiger partial charge in [-0.15, -0.1) is 0 Å². The van der Waals surface area contributed by atoms with Crippen LogP contribution in [0.1, 0.15) is 28.9 Å². The summed E-state index contributed by atoms with van der Waals surface area (Å²) in [6.45, 7) is 1.65. The number of aromatic nitrogens is 4. The van der Waals surface area contributed by atoms with Crippen molar-refractivity contribution < 1.29 is 9.63 Å². The summed E-state index contributed by atoms with van der Waals surface area (Å²) in [5.41, 5.74) is 6.76. The first kappa shape index (κ1) is 17.1. The fourth-order valence-electron chi connectivity index (χ4n) is 2.25. The van der Waals surface area contributed by atoms with Gasteiger partial charge in [-0.25, -0.2) is 4.68 Å². The molecule has 3 rings (SSSR count). The summed E-state index contributed by atoms with van der Waals surface area (Å²) in [5, 5.41) is 18.6. The number of halogens is 1. The molecule has 9 heteroatoms. The zero-order chi connectivity index (χ0) is 18.0. The van der Waals surface area contributed by atoms with E-state index < -0.39 is 6.10 Å². The molecule has 0 aliphatic rings. The van der Waals surface area contributed by atoms with Crippen LogP contribution in [0.3, 0.4) is 0 Å². The molecule has 0 fully saturated rings. The van der Waals surface area contributed by atoms with Gasteiger partial charge in [0.2, 0.25) is 5.89 Å². The Morgan fingerprint density at radius 2 is 2.08 bits per heavy atom. The van der Waals surface area contributed by atoms with E-state index in [1.165, 1.54) is 10.9 Å². The topological polar surface area (TPSA) is 120 Å². The standard InChI is InChI=1S/C16H16ClN5O3/c1-9-12(18)7-19-22(16(9)24)8-15-20-14(21-25-15)6-13(23)10-2-4-11(17)5-3-10/h2-5,7,13,23H,6,8,18H2,1H3/t13-/m0/s1. The minimum absolute atomic E-state index is 0.0317. The van der Waals surface area contributed by atoms with Crippen molar-refractivity contribution in [2.75, 3.05) is 5.73 Å². The molecule has 0 aliphatic carbocycles. The van der Waals surface area contributed by atoms with Crippen molar-refractivity contribution in [1.29, 1.82) is 0 Å². The number of rotatable bonds is 5. The van der Waals surface area contributed by atoms with Crippen LogP contribution >= 0.6 is 11.6 Å². The van der Waals surface area contributed by atoms with Crippen LogP contribution < -0.4 is 11.3 Å². The Balaban J connectivity index is 1.71. The Kier molecular flexibility index (Phi) is 4.82. The van der Waals surface area contributed by atoms with Gasteiger partial charge in [0, 0.05) is 17.0 Å². The van der Waals surface area contributed by atoms with Gasteiger partial charge >= 0.3 is 0 Å². The second-order valence-electron chi connectivity index (χ2n) is 5.56. The molecule has 1 atom stereocenters. The van der Waals surface area contributed by atoms with Gasteiger partial charge in [0.05, 0.1) is 18.0 Å². The van der Waals surface area contributed by atoms with Gasteiger partial charge in [0.15, 0.2) is 5.82 Å². The molecular formula is C16H16ClN5O3. The molecule has 1 aromatic carbocycles. The second kappa shape index (κ2) is 7.04. The summed E-state index contributed by atoms with van der Waals surface area (Å²) in [7, 11) is 0. The molecule has 2 aromatic heterocycles. The maximum atomic E-state index is 12.1. The average molecular weight is 362 g/mol. The van der Waals surface area contributed by atoms with E-state index in [1.807, 2.05) is 0 Å². The van der Waals surface area contributed by atoms with Crippen LogP contribution in [-0.2, 0) is 13.0 Å². The van der Waals surface area contributed by atoms with Crippen molar-refractivity contribution in [3.05, 3.63) is 68.7 Å². The Morgan fingerprint density at radius 3 is 2.80 bits per heavy atom. The van der Waals surface area contributed by atoms with Crippen molar-refractivity contribution >= 4 is 17.3 Å². The molecule has 0 radical (unpaired) electrons. The summed E-state index contributed by atoms with van der Waals surface area (Å²) in [6.07, 6.45) is 0.786. The highest BCUT2D eigenvalue weighted by Gasteiger charge is 2.15. The van der Waals surface area contributed by atoms with Crippen LogP contribution in [0.15, 0.2) is 39.8 Å². The van der Waals surface area contributed by atoms with Gasteiger partial charge in [-0.2, -0.15) is 10.1 Å². The molecule has 3 aromatic rings. The average Bonchev–Trinajstić information content (AvgIpc) is 3.03. The number of aliphatic hydroxyl groups excluding tert-OH is 1. The molecule has 2 heterocycles. The number of hydrogen-bond acceptors (Lipinski definition) is 7. The van der Waals surface area contributed by atoms with Gasteiger partial charge in [-0.05, 0) is 24.6 Å². The first-order valence-corrected chi connectivity index (χ1v) is 7.89. The number of nitrogens with two attached hydrogens (primary N) is 1. The fourth-order valence-corrected chi connectivity index (χ4v) is 2.38. The third-order valence-corrected chi connectivity index (χ3v) is 4.00. The van der Waals surface area contributed by atoms with Gasteiger partial charge in [0.1, 0.15) is 6.54 Å². The predicted molar refractivity (Wildman–Crippen MR) is 91.2 cm³/mol. The molecule has 0 spiro atoms. The predicted octanol–water partition coefficient (Wildman–Crippen LogP) is 1.49. The highest BCUT2D eigenvalue weighted by Crippen LogP contribution is 2.19. The summed E-state index contributed by atoms with van der Waals surface area (Å²) in [6, 6.07) is 6.86. The molecule has 130 valence electrons. The normalized spacial score (nSPS) is 12.3. The number of nitrogens with zero attached hydrogens (tertiary/aromatic N) is 4. The highest BCUT2D eigenvalue weighted by atomic mass is 35.5. The van der Waals surface area contributed by atoms with Crippen molar-refractivity contribution in [1.82, 2.24) is 19.9 Å². The molecule has 0 aliphatic heterocycles. The van der Waals surface area contributed by atoms with Gasteiger partial charge < -0.3 is 15.4 Å². The molecular weight excluding hydrogens is 346 g/mol. The largest absolute Gasteiger partial charge is 0.397 e. The lowest BCUT2D eigenvalue weighted by molar-refractivity contribution is 0.174.